The van der Waals surface area contributed by atoms with Crippen molar-refractivity contribution in [2.24, 2.45) is 0 Å². The minimum Gasteiger partial charge on any atom is -0.385 e. The normalized spacial score (nSPS) is 18.9. The number of hydrogen-bond acceptors (Lipinski definition) is 2. The third kappa shape index (κ3) is 3.53. The molecule has 3 nitrogen and oxygen atoms in total. The highest BCUT2D eigenvalue weighted by atomic mass is 16.2. The average molecular weight is 274 g/mol. The van der Waals surface area contributed by atoms with Gasteiger partial charge < -0.3 is 10.2 Å². The summed E-state index contributed by atoms with van der Waals surface area (Å²) in [5.41, 5.74) is 1.90. The number of amides is 1. The molecule has 1 aliphatic rings. The van der Waals surface area contributed by atoms with Crippen molar-refractivity contribution in [1.29, 1.82) is 0 Å². The van der Waals surface area contributed by atoms with E-state index in [0.29, 0.717) is 6.04 Å². The average Bonchev–Trinajstić information content (AvgIpc) is 2.52. The highest BCUT2D eigenvalue weighted by molar-refractivity contribution is 5.94. The van der Waals surface area contributed by atoms with E-state index >= 15 is 0 Å². The van der Waals surface area contributed by atoms with Crippen LogP contribution in [0.25, 0.3) is 0 Å². The quantitative estimate of drug-likeness (QED) is 0.882. The van der Waals surface area contributed by atoms with Crippen LogP contribution < -0.4 is 5.32 Å². The number of nitrogens with zero attached hydrogens (tertiary/aromatic N) is 1. The Bertz CT molecular complexity index is 427. The van der Waals surface area contributed by atoms with E-state index in [0.717, 1.165) is 50.0 Å². The van der Waals surface area contributed by atoms with Gasteiger partial charge in [-0.1, -0.05) is 13.8 Å². The fraction of sp³-hybridized carbons (Fsp3) is 0.588. The molecule has 0 bridgehead atoms. The van der Waals surface area contributed by atoms with Gasteiger partial charge in [0.15, 0.2) is 0 Å². The molecule has 1 aliphatic heterocycles. The largest absolute Gasteiger partial charge is 0.385 e. The summed E-state index contributed by atoms with van der Waals surface area (Å²) in [6.45, 7) is 6.20. The van der Waals surface area contributed by atoms with Crippen molar-refractivity contribution in [2.45, 2.75) is 52.0 Å². The predicted molar refractivity (Wildman–Crippen MR) is 84.2 cm³/mol. The summed E-state index contributed by atoms with van der Waals surface area (Å²) in [6.07, 6.45) is 5.70. The fourth-order valence-corrected chi connectivity index (χ4v) is 2.86. The zero-order valence-corrected chi connectivity index (χ0v) is 12.7. The van der Waals surface area contributed by atoms with Gasteiger partial charge in [-0.2, -0.15) is 0 Å². The molecule has 0 aliphatic carbocycles. The first-order chi connectivity index (χ1) is 9.76. The Morgan fingerprint density at radius 1 is 1.25 bits per heavy atom. The fourth-order valence-electron chi connectivity index (χ4n) is 2.86. The highest BCUT2D eigenvalue weighted by Crippen LogP contribution is 2.22. The van der Waals surface area contributed by atoms with Gasteiger partial charge in [-0.15, -0.1) is 0 Å². The maximum Gasteiger partial charge on any atom is 0.254 e. The van der Waals surface area contributed by atoms with E-state index in [1.54, 1.807) is 0 Å². The van der Waals surface area contributed by atoms with E-state index in [-0.39, 0.29) is 5.91 Å². The van der Waals surface area contributed by atoms with Crippen LogP contribution in [0.5, 0.6) is 0 Å². The molecule has 2 rings (SSSR count). The van der Waals surface area contributed by atoms with E-state index in [1.165, 1.54) is 6.42 Å². The monoisotopic (exact) mass is 274 g/mol. The SMILES string of the molecule is CCCNc1ccc(C(=O)N2CCCCC2CC)cc1. The van der Waals surface area contributed by atoms with Gasteiger partial charge in [-0.3, -0.25) is 4.79 Å². The number of hydrogen-bond donors (Lipinski definition) is 1. The molecule has 1 atom stereocenters. The topological polar surface area (TPSA) is 32.3 Å². The summed E-state index contributed by atoms with van der Waals surface area (Å²) in [5, 5.41) is 3.34. The minimum absolute atomic E-state index is 0.193. The van der Waals surface area contributed by atoms with E-state index in [4.69, 9.17) is 0 Å². The number of benzene rings is 1. The lowest BCUT2D eigenvalue weighted by atomic mass is 9.99. The summed E-state index contributed by atoms with van der Waals surface area (Å²) in [7, 11) is 0. The van der Waals surface area contributed by atoms with Gasteiger partial charge in [0.05, 0.1) is 0 Å². The third-order valence-corrected chi connectivity index (χ3v) is 4.07. The Labute approximate surface area is 122 Å². The second-order valence-corrected chi connectivity index (χ2v) is 5.56. The minimum atomic E-state index is 0.193. The number of piperidine rings is 1. The molecule has 0 saturated carbocycles. The number of rotatable bonds is 5. The molecule has 20 heavy (non-hydrogen) atoms. The van der Waals surface area contributed by atoms with Crippen LogP contribution in [0.15, 0.2) is 24.3 Å². The summed E-state index contributed by atoms with van der Waals surface area (Å²) in [6, 6.07) is 8.33. The first kappa shape index (κ1) is 14.9. The predicted octanol–water partition coefficient (Wildman–Crippen LogP) is 3.91. The van der Waals surface area contributed by atoms with E-state index < -0.39 is 0 Å². The van der Waals surface area contributed by atoms with Crippen LogP contribution in [0, 0.1) is 0 Å². The van der Waals surface area contributed by atoms with E-state index in [9.17, 15) is 4.79 Å². The van der Waals surface area contributed by atoms with Crippen LogP contribution in [-0.4, -0.2) is 29.9 Å². The van der Waals surface area contributed by atoms with Crippen LogP contribution in [-0.2, 0) is 0 Å². The number of nitrogens with one attached hydrogen (secondary N) is 1. The molecule has 1 heterocycles. The molecule has 0 radical (unpaired) electrons. The van der Waals surface area contributed by atoms with E-state index in [1.807, 2.05) is 24.3 Å². The molecular formula is C17H26N2O. The Morgan fingerprint density at radius 3 is 2.65 bits per heavy atom. The molecule has 1 N–H and O–H groups in total. The number of anilines is 1. The molecule has 1 unspecified atom stereocenters. The molecule has 3 heteroatoms. The van der Waals surface area contributed by atoms with Crippen molar-refractivity contribution in [1.82, 2.24) is 4.90 Å². The van der Waals surface area contributed by atoms with Gasteiger partial charge in [0, 0.05) is 30.4 Å². The van der Waals surface area contributed by atoms with Crippen molar-refractivity contribution in [3.8, 4) is 0 Å². The Hall–Kier alpha value is -1.51. The maximum atomic E-state index is 12.6. The summed E-state index contributed by atoms with van der Waals surface area (Å²) < 4.78 is 0. The van der Waals surface area contributed by atoms with Gasteiger partial charge in [0.1, 0.15) is 0 Å². The second-order valence-electron chi connectivity index (χ2n) is 5.56. The Morgan fingerprint density at radius 2 is 2.00 bits per heavy atom. The maximum absolute atomic E-state index is 12.6. The first-order valence-electron chi connectivity index (χ1n) is 7.91. The van der Waals surface area contributed by atoms with Crippen LogP contribution >= 0.6 is 0 Å². The molecule has 1 fully saturated rings. The molecular weight excluding hydrogens is 248 g/mol. The van der Waals surface area contributed by atoms with Gasteiger partial charge >= 0.3 is 0 Å². The van der Waals surface area contributed by atoms with Crippen molar-refractivity contribution < 1.29 is 4.79 Å². The number of carbonyl (C=O) groups is 1. The van der Waals surface area contributed by atoms with Gasteiger partial charge in [0.25, 0.3) is 5.91 Å². The molecule has 0 spiro atoms. The number of likely N-dealkylation sites (tertiary alicyclic amines) is 1. The van der Waals surface area contributed by atoms with Crippen LogP contribution in [0.4, 0.5) is 5.69 Å². The van der Waals surface area contributed by atoms with Crippen LogP contribution in [0.3, 0.4) is 0 Å². The second kappa shape index (κ2) is 7.32. The zero-order chi connectivity index (χ0) is 14.4. The summed E-state index contributed by atoms with van der Waals surface area (Å²) in [5.74, 6) is 0.193. The standard InChI is InChI=1S/C17H26N2O/c1-3-12-18-15-10-8-14(9-11-15)17(20)19-13-6-5-7-16(19)4-2/h8-11,16,18H,3-7,12-13H2,1-2H3. The van der Waals surface area contributed by atoms with Crippen LogP contribution in [0.2, 0.25) is 0 Å². The van der Waals surface area contributed by atoms with Crippen molar-refractivity contribution in [2.75, 3.05) is 18.4 Å². The van der Waals surface area contributed by atoms with Gasteiger partial charge in [0.2, 0.25) is 0 Å². The molecule has 1 saturated heterocycles. The molecule has 110 valence electrons. The zero-order valence-electron chi connectivity index (χ0n) is 12.7. The van der Waals surface area contributed by atoms with Crippen molar-refractivity contribution in [3.63, 3.8) is 0 Å². The lowest BCUT2D eigenvalue weighted by molar-refractivity contribution is 0.0608. The van der Waals surface area contributed by atoms with Gasteiger partial charge in [-0.05, 0) is 56.4 Å². The summed E-state index contributed by atoms with van der Waals surface area (Å²) >= 11 is 0. The van der Waals surface area contributed by atoms with Crippen molar-refractivity contribution in [3.05, 3.63) is 29.8 Å². The molecule has 1 amide bonds. The highest BCUT2D eigenvalue weighted by Gasteiger charge is 2.25. The smallest absolute Gasteiger partial charge is 0.254 e. The molecule has 0 aromatic heterocycles. The van der Waals surface area contributed by atoms with Gasteiger partial charge in [-0.25, -0.2) is 0 Å². The summed E-state index contributed by atoms with van der Waals surface area (Å²) in [4.78, 5) is 14.7. The Kier molecular flexibility index (Phi) is 5.45. The first-order valence-corrected chi connectivity index (χ1v) is 7.91. The molecule has 1 aromatic rings. The van der Waals surface area contributed by atoms with Crippen LogP contribution in [0.1, 0.15) is 56.3 Å². The number of carbonyl (C=O) groups excluding carboxylic acids is 1. The van der Waals surface area contributed by atoms with Crippen molar-refractivity contribution >= 4 is 11.6 Å². The third-order valence-electron chi connectivity index (χ3n) is 4.07. The lowest BCUT2D eigenvalue weighted by Crippen LogP contribution is -2.43. The Balaban J connectivity index is 2.04. The lowest BCUT2D eigenvalue weighted by Gasteiger charge is -2.35. The molecule has 1 aromatic carbocycles. The van der Waals surface area contributed by atoms with E-state index in [2.05, 4.69) is 24.1 Å².